The number of rotatable bonds is 3. The topological polar surface area (TPSA) is 45.4 Å². The Kier molecular flexibility index (Phi) is 4.25. The van der Waals surface area contributed by atoms with Crippen LogP contribution in [-0.2, 0) is 13.0 Å². The van der Waals surface area contributed by atoms with E-state index in [-0.39, 0.29) is 0 Å². The molecule has 2 unspecified atom stereocenters. The summed E-state index contributed by atoms with van der Waals surface area (Å²) >= 11 is 1.77. The van der Waals surface area contributed by atoms with E-state index in [2.05, 4.69) is 37.6 Å². The van der Waals surface area contributed by atoms with Crippen LogP contribution in [0.2, 0.25) is 0 Å². The number of anilines is 1. The Morgan fingerprint density at radius 1 is 1.33 bits per heavy atom. The van der Waals surface area contributed by atoms with Crippen molar-refractivity contribution in [1.29, 1.82) is 0 Å². The molecule has 0 aromatic carbocycles. The van der Waals surface area contributed by atoms with E-state index in [0.29, 0.717) is 18.6 Å². The van der Waals surface area contributed by atoms with Gasteiger partial charge in [0.05, 0.1) is 5.69 Å². The second kappa shape index (κ2) is 5.55. The lowest BCUT2D eigenvalue weighted by molar-refractivity contribution is 0.170. The Morgan fingerprint density at radius 3 is 2.39 bits per heavy atom. The molecule has 0 aliphatic carbocycles. The van der Waals surface area contributed by atoms with Crippen molar-refractivity contribution >= 4 is 16.5 Å². The summed E-state index contributed by atoms with van der Waals surface area (Å²) in [5.74, 6) is 0. The molecule has 0 saturated carbocycles. The first-order valence-electron chi connectivity index (χ1n) is 6.72. The first-order valence-corrected chi connectivity index (χ1v) is 7.54. The molecule has 18 heavy (non-hydrogen) atoms. The molecule has 2 heterocycles. The maximum absolute atomic E-state index is 5.79. The number of hydrogen-bond acceptors (Lipinski definition) is 5. The van der Waals surface area contributed by atoms with Gasteiger partial charge in [0.1, 0.15) is 0 Å². The van der Waals surface area contributed by atoms with Gasteiger partial charge in [0, 0.05) is 36.6 Å². The van der Waals surface area contributed by atoms with E-state index < -0.39 is 0 Å². The van der Waals surface area contributed by atoms with Crippen LogP contribution < -0.4 is 10.6 Å². The van der Waals surface area contributed by atoms with E-state index in [0.717, 1.165) is 24.6 Å². The number of thiazole rings is 1. The van der Waals surface area contributed by atoms with Crippen LogP contribution in [0.4, 0.5) is 5.13 Å². The van der Waals surface area contributed by atoms with Gasteiger partial charge in [-0.25, -0.2) is 4.98 Å². The van der Waals surface area contributed by atoms with Crippen molar-refractivity contribution < 1.29 is 0 Å². The summed E-state index contributed by atoms with van der Waals surface area (Å²) in [6.07, 6.45) is 0.974. The van der Waals surface area contributed by atoms with Crippen molar-refractivity contribution in [1.82, 2.24) is 9.88 Å². The zero-order valence-corrected chi connectivity index (χ0v) is 12.6. The predicted octanol–water partition coefficient (Wildman–Crippen LogP) is 1.69. The van der Waals surface area contributed by atoms with Crippen LogP contribution in [0.3, 0.4) is 0 Å². The molecule has 102 valence electrons. The Bertz CT molecular complexity index is 370. The minimum atomic E-state index is 0.573. The van der Waals surface area contributed by atoms with Gasteiger partial charge in [-0.3, -0.25) is 4.90 Å². The molecule has 5 heteroatoms. The summed E-state index contributed by atoms with van der Waals surface area (Å²) in [5.41, 5.74) is 6.97. The van der Waals surface area contributed by atoms with E-state index in [1.807, 2.05) is 0 Å². The highest BCUT2D eigenvalue weighted by molar-refractivity contribution is 7.15. The van der Waals surface area contributed by atoms with Crippen LogP contribution in [0.15, 0.2) is 0 Å². The molecule has 2 rings (SSSR count). The molecular weight excluding hydrogens is 244 g/mol. The SMILES string of the molecule is CCc1nc(N2CC(C)N(C)C(C)C2)sc1CN. The van der Waals surface area contributed by atoms with Crippen molar-refractivity contribution in [2.75, 3.05) is 25.0 Å². The molecule has 0 spiro atoms. The van der Waals surface area contributed by atoms with Crippen LogP contribution >= 0.6 is 11.3 Å². The van der Waals surface area contributed by atoms with Crippen LogP contribution in [0, 0.1) is 0 Å². The summed E-state index contributed by atoms with van der Waals surface area (Å²) in [4.78, 5) is 10.9. The summed E-state index contributed by atoms with van der Waals surface area (Å²) in [6, 6.07) is 1.15. The fraction of sp³-hybridized carbons (Fsp3) is 0.769. The van der Waals surface area contributed by atoms with E-state index >= 15 is 0 Å². The molecule has 0 bridgehead atoms. The summed E-state index contributed by atoms with van der Waals surface area (Å²) < 4.78 is 0. The van der Waals surface area contributed by atoms with Gasteiger partial charge < -0.3 is 10.6 Å². The summed E-state index contributed by atoms with van der Waals surface area (Å²) in [6.45, 7) is 9.43. The average molecular weight is 268 g/mol. The van der Waals surface area contributed by atoms with Crippen molar-refractivity contribution in [3.05, 3.63) is 10.6 Å². The lowest BCUT2D eigenvalue weighted by Gasteiger charge is -2.42. The molecule has 0 amide bonds. The first-order chi connectivity index (χ1) is 8.56. The highest BCUT2D eigenvalue weighted by atomic mass is 32.1. The molecule has 1 saturated heterocycles. The van der Waals surface area contributed by atoms with Gasteiger partial charge in [0.15, 0.2) is 5.13 Å². The van der Waals surface area contributed by atoms with Crippen LogP contribution in [0.25, 0.3) is 0 Å². The van der Waals surface area contributed by atoms with Crippen molar-refractivity contribution in [2.24, 2.45) is 5.73 Å². The third kappa shape index (κ3) is 2.53. The van der Waals surface area contributed by atoms with E-state index in [9.17, 15) is 0 Å². The lowest BCUT2D eigenvalue weighted by Crippen LogP contribution is -2.55. The van der Waals surface area contributed by atoms with E-state index in [4.69, 9.17) is 10.7 Å². The predicted molar refractivity (Wildman–Crippen MR) is 78.3 cm³/mol. The average Bonchev–Trinajstić information content (AvgIpc) is 2.78. The Balaban J connectivity index is 2.19. The van der Waals surface area contributed by atoms with E-state index in [1.165, 1.54) is 10.6 Å². The fourth-order valence-electron chi connectivity index (χ4n) is 2.50. The second-order valence-electron chi connectivity index (χ2n) is 5.19. The van der Waals surface area contributed by atoms with Gasteiger partial charge >= 0.3 is 0 Å². The molecule has 2 atom stereocenters. The normalized spacial score (nSPS) is 25.7. The molecule has 1 fully saturated rings. The number of nitrogens with two attached hydrogens (primary N) is 1. The number of nitrogens with zero attached hydrogens (tertiary/aromatic N) is 3. The molecule has 2 N–H and O–H groups in total. The Hall–Kier alpha value is -0.650. The number of aryl methyl sites for hydroxylation is 1. The van der Waals surface area contributed by atoms with Crippen LogP contribution in [0.1, 0.15) is 31.3 Å². The Morgan fingerprint density at radius 2 is 1.94 bits per heavy atom. The summed E-state index contributed by atoms with van der Waals surface area (Å²) in [7, 11) is 2.21. The number of likely N-dealkylation sites (N-methyl/N-ethyl adjacent to an activating group) is 1. The quantitative estimate of drug-likeness (QED) is 0.906. The van der Waals surface area contributed by atoms with Crippen LogP contribution in [0.5, 0.6) is 0 Å². The molecule has 1 aliphatic heterocycles. The second-order valence-corrected chi connectivity index (χ2v) is 6.25. The minimum Gasteiger partial charge on any atom is -0.345 e. The standard InChI is InChI=1S/C13H24N4S/c1-5-11-12(6-14)18-13(15-11)17-7-9(2)16(4)10(3)8-17/h9-10H,5-8,14H2,1-4H3. The summed E-state index contributed by atoms with van der Waals surface area (Å²) in [5, 5.41) is 1.15. The van der Waals surface area contributed by atoms with Gasteiger partial charge in [-0.15, -0.1) is 11.3 Å². The first kappa shape index (κ1) is 13.8. The maximum atomic E-state index is 5.79. The molecule has 1 aromatic heterocycles. The molecular formula is C13H24N4S. The van der Waals surface area contributed by atoms with Crippen molar-refractivity contribution in [3.63, 3.8) is 0 Å². The largest absolute Gasteiger partial charge is 0.345 e. The molecule has 1 aliphatic rings. The van der Waals surface area contributed by atoms with Gasteiger partial charge in [-0.05, 0) is 27.3 Å². The van der Waals surface area contributed by atoms with Gasteiger partial charge in [-0.1, -0.05) is 6.92 Å². The van der Waals surface area contributed by atoms with E-state index in [1.54, 1.807) is 11.3 Å². The number of aromatic nitrogens is 1. The number of hydrogen-bond donors (Lipinski definition) is 1. The monoisotopic (exact) mass is 268 g/mol. The van der Waals surface area contributed by atoms with Crippen molar-refractivity contribution in [3.8, 4) is 0 Å². The Labute approximate surface area is 114 Å². The molecule has 1 aromatic rings. The lowest BCUT2D eigenvalue weighted by atomic mass is 10.1. The van der Waals surface area contributed by atoms with Crippen molar-refractivity contribution in [2.45, 2.75) is 45.8 Å². The highest BCUT2D eigenvalue weighted by Gasteiger charge is 2.28. The minimum absolute atomic E-state index is 0.573. The zero-order chi connectivity index (χ0) is 13.3. The third-order valence-corrected chi connectivity index (χ3v) is 5.10. The van der Waals surface area contributed by atoms with Gasteiger partial charge in [0.2, 0.25) is 0 Å². The zero-order valence-electron chi connectivity index (χ0n) is 11.8. The third-order valence-electron chi connectivity index (χ3n) is 3.92. The smallest absolute Gasteiger partial charge is 0.185 e. The van der Waals surface area contributed by atoms with Crippen LogP contribution in [-0.4, -0.2) is 42.1 Å². The maximum Gasteiger partial charge on any atom is 0.185 e. The van der Waals surface area contributed by atoms with Gasteiger partial charge in [-0.2, -0.15) is 0 Å². The molecule has 4 nitrogen and oxygen atoms in total. The highest BCUT2D eigenvalue weighted by Crippen LogP contribution is 2.29. The fourth-order valence-corrected chi connectivity index (χ4v) is 3.55. The molecule has 0 radical (unpaired) electrons. The number of piperazine rings is 1. The van der Waals surface area contributed by atoms with Gasteiger partial charge in [0.25, 0.3) is 0 Å².